The van der Waals surface area contributed by atoms with Crippen LogP contribution in [0.4, 0.5) is 0 Å². The van der Waals surface area contributed by atoms with Gasteiger partial charge in [0.25, 0.3) is 0 Å². The second-order valence-electron chi connectivity index (χ2n) is 4.88. The van der Waals surface area contributed by atoms with Gasteiger partial charge in [0, 0.05) is 35.8 Å². The average molecular weight is 255 g/mol. The van der Waals surface area contributed by atoms with Gasteiger partial charge in [-0.05, 0) is 38.0 Å². The van der Waals surface area contributed by atoms with Gasteiger partial charge in [0.2, 0.25) is 0 Å². The molecule has 1 aliphatic heterocycles. The Balaban J connectivity index is 2.07. The molecule has 1 aromatic rings. The molecule has 0 bridgehead atoms. The van der Waals surface area contributed by atoms with Crippen LogP contribution in [0.1, 0.15) is 25.3 Å². The number of phenols is 1. The van der Waals surface area contributed by atoms with Crippen LogP contribution in [0.25, 0.3) is 0 Å². The molecule has 2 rings (SSSR count). The van der Waals surface area contributed by atoms with E-state index in [0.29, 0.717) is 22.9 Å². The third kappa shape index (κ3) is 3.12. The fourth-order valence-corrected chi connectivity index (χ4v) is 2.59. The van der Waals surface area contributed by atoms with E-state index < -0.39 is 0 Å². The quantitative estimate of drug-likeness (QED) is 0.852. The molecule has 0 saturated carbocycles. The summed E-state index contributed by atoms with van der Waals surface area (Å²) in [7, 11) is 0. The Kier molecular flexibility index (Phi) is 3.92. The van der Waals surface area contributed by atoms with Crippen molar-refractivity contribution in [3.05, 3.63) is 28.8 Å². The summed E-state index contributed by atoms with van der Waals surface area (Å²) in [5.74, 6) is 0.316. The van der Waals surface area contributed by atoms with Crippen molar-refractivity contribution in [1.29, 1.82) is 0 Å². The lowest BCUT2D eigenvalue weighted by molar-refractivity contribution is 0.139. The zero-order valence-electron chi connectivity index (χ0n) is 10.1. The van der Waals surface area contributed by atoms with E-state index >= 15 is 0 Å². The van der Waals surface area contributed by atoms with Crippen LogP contribution in [-0.2, 0) is 6.54 Å². The molecule has 94 valence electrons. The summed E-state index contributed by atoms with van der Waals surface area (Å²) in [6.07, 6.45) is 2.03. The first kappa shape index (κ1) is 12.7. The molecule has 0 radical (unpaired) electrons. The highest BCUT2D eigenvalue weighted by Crippen LogP contribution is 2.25. The summed E-state index contributed by atoms with van der Waals surface area (Å²) >= 11 is 5.94. The largest absolute Gasteiger partial charge is 0.508 e. The molecule has 2 atom stereocenters. The minimum Gasteiger partial charge on any atom is -0.508 e. The molecule has 1 saturated heterocycles. The number of nitrogens with two attached hydrogens (primary N) is 1. The number of halogens is 1. The number of hydrogen-bond donors (Lipinski definition) is 2. The lowest BCUT2D eigenvalue weighted by Crippen LogP contribution is -2.44. The third-order valence-electron chi connectivity index (χ3n) is 3.47. The van der Waals surface area contributed by atoms with E-state index in [1.165, 1.54) is 0 Å². The van der Waals surface area contributed by atoms with Crippen molar-refractivity contribution in [2.75, 3.05) is 6.54 Å². The normalized spacial score (nSPS) is 26.1. The number of aromatic hydroxyl groups is 1. The SMILES string of the molecule is CC1CC(N)CCN1Cc1cc(Cl)ccc1O. The predicted molar refractivity (Wildman–Crippen MR) is 70.2 cm³/mol. The van der Waals surface area contributed by atoms with Crippen LogP contribution in [0.5, 0.6) is 5.75 Å². The molecule has 3 nitrogen and oxygen atoms in total. The van der Waals surface area contributed by atoms with Gasteiger partial charge in [-0.2, -0.15) is 0 Å². The summed E-state index contributed by atoms with van der Waals surface area (Å²) in [5.41, 5.74) is 6.83. The van der Waals surface area contributed by atoms with Crippen LogP contribution >= 0.6 is 11.6 Å². The molecular formula is C13H19ClN2O. The smallest absolute Gasteiger partial charge is 0.120 e. The highest BCUT2D eigenvalue weighted by Gasteiger charge is 2.23. The van der Waals surface area contributed by atoms with E-state index in [9.17, 15) is 5.11 Å². The molecule has 1 fully saturated rings. The van der Waals surface area contributed by atoms with Crippen molar-refractivity contribution in [2.45, 2.75) is 38.4 Å². The molecule has 17 heavy (non-hydrogen) atoms. The zero-order chi connectivity index (χ0) is 12.4. The fraction of sp³-hybridized carbons (Fsp3) is 0.538. The number of hydrogen-bond acceptors (Lipinski definition) is 3. The van der Waals surface area contributed by atoms with E-state index in [-0.39, 0.29) is 0 Å². The Morgan fingerprint density at radius 1 is 1.53 bits per heavy atom. The van der Waals surface area contributed by atoms with E-state index in [1.54, 1.807) is 12.1 Å². The minimum absolute atomic E-state index is 0.314. The van der Waals surface area contributed by atoms with Crippen molar-refractivity contribution in [3.8, 4) is 5.75 Å². The number of rotatable bonds is 2. The third-order valence-corrected chi connectivity index (χ3v) is 3.70. The molecule has 1 aromatic carbocycles. The highest BCUT2D eigenvalue weighted by molar-refractivity contribution is 6.30. The van der Waals surface area contributed by atoms with E-state index in [2.05, 4.69) is 11.8 Å². The second kappa shape index (κ2) is 5.25. The van der Waals surface area contributed by atoms with E-state index in [0.717, 1.165) is 31.5 Å². The lowest BCUT2D eigenvalue weighted by Gasteiger charge is -2.36. The second-order valence-corrected chi connectivity index (χ2v) is 5.31. The van der Waals surface area contributed by atoms with Gasteiger partial charge >= 0.3 is 0 Å². The van der Waals surface area contributed by atoms with Crippen LogP contribution in [0.3, 0.4) is 0 Å². The molecule has 1 aliphatic rings. The summed E-state index contributed by atoms with van der Waals surface area (Å²) in [6, 6.07) is 5.96. The molecule has 0 aromatic heterocycles. The Morgan fingerprint density at radius 2 is 2.29 bits per heavy atom. The first-order valence-corrected chi connectivity index (χ1v) is 6.41. The molecule has 2 unspecified atom stereocenters. The van der Waals surface area contributed by atoms with Crippen molar-refractivity contribution in [3.63, 3.8) is 0 Å². The van der Waals surface area contributed by atoms with Crippen LogP contribution < -0.4 is 5.73 Å². The lowest BCUT2D eigenvalue weighted by atomic mass is 9.98. The maximum Gasteiger partial charge on any atom is 0.120 e. The summed E-state index contributed by atoms with van der Waals surface area (Å²) in [6.45, 7) is 3.90. The molecule has 1 heterocycles. The molecule has 0 spiro atoms. The van der Waals surface area contributed by atoms with Gasteiger partial charge in [-0.3, -0.25) is 4.90 Å². The average Bonchev–Trinajstić information content (AvgIpc) is 2.27. The summed E-state index contributed by atoms with van der Waals surface area (Å²) < 4.78 is 0. The van der Waals surface area contributed by atoms with Gasteiger partial charge in [0.15, 0.2) is 0 Å². The Labute approximate surface area is 107 Å². The fourth-order valence-electron chi connectivity index (χ4n) is 2.39. The predicted octanol–water partition coefficient (Wildman–Crippen LogP) is 2.36. The number of nitrogens with zero attached hydrogens (tertiary/aromatic N) is 1. The Morgan fingerprint density at radius 3 is 3.00 bits per heavy atom. The Bertz CT molecular complexity index is 397. The molecule has 4 heteroatoms. The van der Waals surface area contributed by atoms with Gasteiger partial charge in [-0.15, -0.1) is 0 Å². The van der Waals surface area contributed by atoms with Gasteiger partial charge < -0.3 is 10.8 Å². The molecule has 0 amide bonds. The van der Waals surface area contributed by atoms with Crippen LogP contribution in [0.2, 0.25) is 5.02 Å². The first-order valence-electron chi connectivity index (χ1n) is 6.03. The standard InChI is InChI=1S/C13H19ClN2O/c1-9-6-12(15)4-5-16(9)8-10-7-11(14)2-3-13(10)17/h2-3,7,9,12,17H,4-6,8,15H2,1H3. The number of piperidine rings is 1. The summed E-state index contributed by atoms with van der Waals surface area (Å²) in [4.78, 5) is 2.34. The zero-order valence-corrected chi connectivity index (χ0v) is 10.8. The van der Waals surface area contributed by atoms with E-state index in [1.807, 2.05) is 6.07 Å². The number of benzene rings is 1. The monoisotopic (exact) mass is 254 g/mol. The van der Waals surface area contributed by atoms with E-state index in [4.69, 9.17) is 17.3 Å². The van der Waals surface area contributed by atoms with Crippen molar-refractivity contribution in [2.24, 2.45) is 5.73 Å². The van der Waals surface area contributed by atoms with Gasteiger partial charge in [-0.25, -0.2) is 0 Å². The number of likely N-dealkylation sites (tertiary alicyclic amines) is 1. The molecular weight excluding hydrogens is 236 g/mol. The molecule has 0 aliphatic carbocycles. The van der Waals surface area contributed by atoms with Crippen LogP contribution in [-0.4, -0.2) is 28.6 Å². The van der Waals surface area contributed by atoms with Gasteiger partial charge in [0.05, 0.1) is 0 Å². The first-order chi connectivity index (χ1) is 8.06. The van der Waals surface area contributed by atoms with Crippen LogP contribution in [0.15, 0.2) is 18.2 Å². The van der Waals surface area contributed by atoms with Gasteiger partial charge in [0.1, 0.15) is 5.75 Å². The minimum atomic E-state index is 0.314. The maximum absolute atomic E-state index is 9.79. The topological polar surface area (TPSA) is 49.5 Å². The number of phenolic OH excluding ortho intramolecular Hbond substituents is 1. The van der Waals surface area contributed by atoms with Crippen molar-refractivity contribution >= 4 is 11.6 Å². The van der Waals surface area contributed by atoms with Crippen molar-refractivity contribution < 1.29 is 5.11 Å². The maximum atomic E-state index is 9.79. The van der Waals surface area contributed by atoms with Crippen LogP contribution in [0, 0.1) is 0 Å². The van der Waals surface area contributed by atoms with Gasteiger partial charge in [-0.1, -0.05) is 11.6 Å². The van der Waals surface area contributed by atoms with Crippen molar-refractivity contribution in [1.82, 2.24) is 4.90 Å². The molecule has 3 N–H and O–H groups in total. The highest BCUT2D eigenvalue weighted by atomic mass is 35.5. The summed E-state index contributed by atoms with van der Waals surface area (Å²) in [5, 5.41) is 10.5. The Hall–Kier alpha value is -0.770.